The van der Waals surface area contributed by atoms with Gasteiger partial charge in [0.1, 0.15) is 5.82 Å². The summed E-state index contributed by atoms with van der Waals surface area (Å²) in [5.41, 5.74) is 7.41. The summed E-state index contributed by atoms with van der Waals surface area (Å²) in [4.78, 5) is 6.88. The molecule has 0 amide bonds. The molecule has 1 aliphatic heterocycles. The monoisotopic (exact) mass is 262 g/mol. The molecule has 1 fully saturated rings. The van der Waals surface area contributed by atoms with Crippen LogP contribution in [0.1, 0.15) is 37.9 Å². The van der Waals surface area contributed by atoms with Gasteiger partial charge < -0.3 is 15.8 Å². The van der Waals surface area contributed by atoms with E-state index in [4.69, 9.17) is 10.9 Å². The second-order valence-electron chi connectivity index (χ2n) is 5.36. The lowest BCUT2D eigenvalue weighted by Gasteiger charge is -2.39. The Morgan fingerprint density at radius 2 is 2.21 bits per heavy atom. The van der Waals surface area contributed by atoms with Crippen LogP contribution in [0.3, 0.4) is 0 Å². The van der Waals surface area contributed by atoms with Gasteiger partial charge in [0.25, 0.3) is 0 Å². The lowest BCUT2D eigenvalue weighted by atomic mass is 9.91. The summed E-state index contributed by atoms with van der Waals surface area (Å²) in [5.74, 6) is 1.57. The highest BCUT2D eigenvalue weighted by Crippen LogP contribution is 2.29. The van der Waals surface area contributed by atoms with Gasteiger partial charge in [-0.2, -0.15) is 0 Å². The van der Waals surface area contributed by atoms with E-state index in [9.17, 15) is 0 Å². The lowest BCUT2D eigenvalue weighted by molar-refractivity contribution is 0.318. The van der Waals surface area contributed by atoms with Crippen LogP contribution in [-0.4, -0.2) is 28.6 Å². The van der Waals surface area contributed by atoms with Crippen LogP contribution in [0.2, 0.25) is 0 Å². The maximum Gasteiger partial charge on any atom is 0.173 e. The highest BCUT2D eigenvalue weighted by Gasteiger charge is 2.28. The van der Waals surface area contributed by atoms with Gasteiger partial charge in [0, 0.05) is 18.3 Å². The van der Waals surface area contributed by atoms with Gasteiger partial charge in [0.15, 0.2) is 5.84 Å². The van der Waals surface area contributed by atoms with E-state index in [1.807, 2.05) is 19.1 Å². The second-order valence-corrected chi connectivity index (χ2v) is 5.36. The van der Waals surface area contributed by atoms with E-state index in [0.29, 0.717) is 17.5 Å². The number of anilines is 1. The Balaban J connectivity index is 2.45. The number of hydrogen-bond donors (Lipinski definition) is 2. The third-order valence-electron chi connectivity index (χ3n) is 4.04. The van der Waals surface area contributed by atoms with Crippen molar-refractivity contribution >= 4 is 11.7 Å². The van der Waals surface area contributed by atoms with Crippen molar-refractivity contribution in [2.24, 2.45) is 16.8 Å². The van der Waals surface area contributed by atoms with E-state index in [1.165, 1.54) is 6.42 Å². The Morgan fingerprint density at radius 3 is 2.89 bits per heavy atom. The van der Waals surface area contributed by atoms with E-state index >= 15 is 0 Å². The molecule has 5 heteroatoms. The molecule has 2 unspecified atom stereocenters. The fourth-order valence-corrected chi connectivity index (χ4v) is 2.65. The van der Waals surface area contributed by atoms with Crippen LogP contribution in [0.5, 0.6) is 0 Å². The molecule has 3 N–H and O–H groups in total. The highest BCUT2D eigenvalue weighted by molar-refractivity contribution is 6.01. The minimum Gasteiger partial charge on any atom is -0.409 e. The van der Waals surface area contributed by atoms with Crippen LogP contribution in [0.4, 0.5) is 5.82 Å². The molecule has 19 heavy (non-hydrogen) atoms. The predicted molar refractivity (Wildman–Crippen MR) is 76.7 cm³/mol. The molecule has 2 heterocycles. The van der Waals surface area contributed by atoms with Crippen LogP contribution < -0.4 is 10.6 Å². The van der Waals surface area contributed by atoms with E-state index in [1.54, 1.807) is 0 Å². The average molecular weight is 262 g/mol. The quantitative estimate of drug-likeness (QED) is 0.370. The smallest absolute Gasteiger partial charge is 0.173 e. The number of amidine groups is 1. The zero-order chi connectivity index (χ0) is 14.0. The average Bonchev–Trinajstić information content (AvgIpc) is 2.41. The number of hydrogen-bond acceptors (Lipinski definition) is 4. The molecule has 2 rings (SSSR count). The fourth-order valence-electron chi connectivity index (χ4n) is 2.65. The first-order chi connectivity index (χ1) is 9.04. The number of piperidine rings is 1. The number of nitrogens with zero attached hydrogens (tertiary/aromatic N) is 3. The van der Waals surface area contributed by atoms with Crippen LogP contribution >= 0.6 is 0 Å². The van der Waals surface area contributed by atoms with Crippen molar-refractivity contribution in [1.82, 2.24) is 4.98 Å². The number of aromatic nitrogens is 1. The molecule has 0 bridgehead atoms. The Hall–Kier alpha value is -1.78. The van der Waals surface area contributed by atoms with E-state index < -0.39 is 0 Å². The molecular formula is C14H22N4O. The van der Waals surface area contributed by atoms with Crippen molar-refractivity contribution < 1.29 is 5.21 Å². The van der Waals surface area contributed by atoms with E-state index in [2.05, 4.69) is 28.9 Å². The summed E-state index contributed by atoms with van der Waals surface area (Å²) in [6.07, 6.45) is 2.39. The van der Waals surface area contributed by atoms with Crippen molar-refractivity contribution in [3.8, 4) is 0 Å². The van der Waals surface area contributed by atoms with Crippen molar-refractivity contribution in [2.45, 2.75) is 39.7 Å². The van der Waals surface area contributed by atoms with Gasteiger partial charge in [0.2, 0.25) is 0 Å². The van der Waals surface area contributed by atoms with Crippen molar-refractivity contribution in [2.75, 3.05) is 11.4 Å². The lowest BCUT2D eigenvalue weighted by Crippen LogP contribution is -2.44. The molecule has 1 saturated heterocycles. The Bertz CT molecular complexity index is 486. The van der Waals surface area contributed by atoms with Crippen molar-refractivity contribution in [3.05, 3.63) is 23.4 Å². The first-order valence-electron chi connectivity index (χ1n) is 6.76. The van der Waals surface area contributed by atoms with Crippen LogP contribution in [0.25, 0.3) is 0 Å². The van der Waals surface area contributed by atoms with E-state index in [-0.39, 0.29) is 5.84 Å². The normalized spacial score (nSPS) is 24.6. The molecule has 1 aromatic heterocycles. The maximum absolute atomic E-state index is 8.91. The molecule has 104 valence electrons. The molecule has 0 aliphatic carbocycles. The first kappa shape index (κ1) is 13.6. The SMILES string of the molecule is Cc1ccc(C(N)=NO)c(N2CCCC(C)C2C)n1. The first-order valence-corrected chi connectivity index (χ1v) is 6.76. The Labute approximate surface area is 114 Å². The predicted octanol–water partition coefficient (Wildman–Crippen LogP) is 2.11. The molecule has 5 nitrogen and oxygen atoms in total. The minimum atomic E-state index is 0.118. The topological polar surface area (TPSA) is 74.7 Å². The van der Waals surface area contributed by atoms with Crippen molar-refractivity contribution in [1.29, 1.82) is 0 Å². The van der Waals surface area contributed by atoms with Gasteiger partial charge in [0.05, 0.1) is 5.56 Å². The largest absolute Gasteiger partial charge is 0.409 e. The molecule has 0 radical (unpaired) electrons. The van der Waals surface area contributed by atoms with Gasteiger partial charge in [-0.05, 0) is 44.7 Å². The third kappa shape index (κ3) is 2.64. The van der Waals surface area contributed by atoms with Gasteiger partial charge in [-0.15, -0.1) is 0 Å². The van der Waals surface area contributed by atoms with Crippen LogP contribution in [0, 0.1) is 12.8 Å². The number of aryl methyl sites for hydroxylation is 1. The molecular weight excluding hydrogens is 240 g/mol. The third-order valence-corrected chi connectivity index (χ3v) is 4.04. The van der Waals surface area contributed by atoms with Gasteiger partial charge in [-0.25, -0.2) is 4.98 Å². The Kier molecular flexibility index (Phi) is 3.93. The molecule has 0 aromatic carbocycles. The summed E-state index contributed by atoms with van der Waals surface area (Å²) in [6, 6.07) is 4.17. The van der Waals surface area contributed by atoms with Gasteiger partial charge in [-0.3, -0.25) is 0 Å². The van der Waals surface area contributed by atoms with E-state index in [0.717, 1.165) is 24.5 Å². The molecule has 0 spiro atoms. The molecule has 2 atom stereocenters. The fraction of sp³-hybridized carbons (Fsp3) is 0.571. The summed E-state index contributed by atoms with van der Waals surface area (Å²) < 4.78 is 0. The zero-order valence-electron chi connectivity index (χ0n) is 11.8. The molecule has 1 aromatic rings. The van der Waals surface area contributed by atoms with Crippen LogP contribution in [-0.2, 0) is 0 Å². The number of pyridine rings is 1. The number of oxime groups is 1. The maximum atomic E-state index is 8.91. The summed E-state index contributed by atoms with van der Waals surface area (Å²) >= 11 is 0. The highest BCUT2D eigenvalue weighted by atomic mass is 16.4. The summed E-state index contributed by atoms with van der Waals surface area (Å²) in [6.45, 7) is 7.39. The van der Waals surface area contributed by atoms with Crippen LogP contribution in [0.15, 0.2) is 17.3 Å². The Morgan fingerprint density at radius 1 is 1.47 bits per heavy atom. The zero-order valence-corrected chi connectivity index (χ0v) is 11.8. The number of nitrogens with two attached hydrogens (primary N) is 1. The number of rotatable bonds is 2. The molecule has 0 saturated carbocycles. The summed E-state index contributed by atoms with van der Waals surface area (Å²) in [7, 11) is 0. The van der Waals surface area contributed by atoms with Crippen molar-refractivity contribution in [3.63, 3.8) is 0 Å². The van der Waals surface area contributed by atoms with Gasteiger partial charge in [-0.1, -0.05) is 12.1 Å². The second kappa shape index (κ2) is 5.47. The summed E-state index contributed by atoms with van der Waals surface area (Å²) in [5, 5.41) is 12.0. The standard InChI is InChI=1S/C14H22N4O/c1-9-5-4-8-18(11(9)3)14-12(13(15)17-19)7-6-10(2)16-14/h6-7,9,11,19H,4-5,8H2,1-3H3,(H2,15,17). The van der Waals surface area contributed by atoms with Gasteiger partial charge >= 0.3 is 0 Å². The molecule has 1 aliphatic rings. The minimum absolute atomic E-state index is 0.118.